The van der Waals surface area contributed by atoms with Gasteiger partial charge >= 0.3 is 11.9 Å². The van der Waals surface area contributed by atoms with Crippen LogP contribution in [0.15, 0.2) is 12.2 Å². The molecule has 0 unspecified atom stereocenters. The molecule has 0 atom stereocenters. The average molecular weight is 286 g/mol. The summed E-state index contributed by atoms with van der Waals surface area (Å²) in [5.41, 5.74) is -0.165. The van der Waals surface area contributed by atoms with E-state index in [1.54, 1.807) is 0 Å². The average Bonchev–Trinajstić information content (AvgIpc) is 2.39. The van der Waals surface area contributed by atoms with Gasteiger partial charge in [-0.15, -0.1) is 0 Å². The number of ketones is 1. The highest BCUT2D eigenvalue weighted by Gasteiger charge is 2.13. The molecule has 0 aliphatic rings. The van der Waals surface area contributed by atoms with Gasteiger partial charge in [0.15, 0.2) is 5.78 Å². The van der Waals surface area contributed by atoms with E-state index in [9.17, 15) is 14.4 Å². The molecule has 0 bridgehead atoms. The van der Waals surface area contributed by atoms with E-state index in [1.807, 2.05) is 6.92 Å². The molecule has 0 radical (unpaired) electrons. The first-order valence-electron chi connectivity index (χ1n) is 6.63. The van der Waals surface area contributed by atoms with Gasteiger partial charge in [-0.05, 0) is 19.8 Å². The number of Topliss-reactive ketones (excluding diaryl/α,β-unsaturated/α-hetero) is 1. The number of hydrogen-bond donors (Lipinski definition) is 1. The number of hydrogen-bond acceptors (Lipinski definition) is 5. The molecular formula is C14H22O6. The van der Waals surface area contributed by atoms with E-state index in [2.05, 4.69) is 11.3 Å². The maximum atomic E-state index is 11.4. The van der Waals surface area contributed by atoms with E-state index in [0.29, 0.717) is 19.6 Å². The van der Waals surface area contributed by atoms with Gasteiger partial charge in [0.05, 0.1) is 6.42 Å². The van der Waals surface area contributed by atoms with E-state index in [-0.39, 0.29) is 18.0 Å². The summed E-state index contributed by atoms with van der Waals surface area (Å²) in [4.78, 5) is 33.1. The van der Waals surface area contributed by atoms with Crippen LogP contribution < -0.4 is 0 Å². The SMILES string of the molecule is C=C(CC(=O)O)C(=O)OCC(=O)CCCCCOCC. The fourth-order valence-electron chi connectivity index (χ4n) is 1.42. The Morgan fingerprint density at radius 1 is 1.15 bits per heavy atom. The Balaban J connectivity index is 3.64. The second-order valence-corrected chi connectivity index (χ2v) is 4.30. The first kappa shape index (κ1) is 18.3. The number of ether oxygens (including phenoxy) is 2. The van der Waals surface area contributed by atoms with E-state index >= 15 is 0 Å². The van der Waals surface area contributed by atoms with Crippen molar-refractivity contribution < 1.29 is 29.0 Å². The van der Waals surface area contributed by atoms with Crippen LogP contribution in [-0.4, -0.2) is 42.6 Å². The van der Waals surface area contributed by atoms with Gasteiger partial charge in [-0.1, -0.05) is 13.0 Å². The molecule has 114 valence electrons. The minimum Gasteiger partial charge on any atom is -0.481 e. The second-order valence-electron chi connectivity index (χ2n) is 4.30. The minimum atomic E-state index is -1.16. The summed E-state index contributed by atoms with van der Waals surface area (Å²) in [6.07, 6.45) is 2.36. The van der Waals surface area contributed by atoms with Gasteiger partial charge in [0.1, 0.15) is 6.61 Å². The Morgan fingerprint density at radius 3 is 2.45 bits per heavy atom. The van der Waals surface area contributed by atoms with Crippen LogP contribution in [0.25, 0.3) is 0 Å². The quantitative estimate of drug-likeness (QED) is 0.334. The third-order valence-electron chi connectivity index (χ3n) is 2.47. The molecule has 20 heavy (non-hydrogen) atoms. The standard InChI is InChI=1S/C14H22O6/c1-3-19-8-6-4-5-7-12(15)10-20-14(18)11(2)9-13(16)17/h2-10H2,1H3,(H,16,17). The highest BCUT2D eigenvalue weighted by atomic mass is 16.5. The lowest BCUT2D eigenvalue weighted by Gasteiger charge is -2.05. The smallest absolute Gasteiger partial charge is 0.334 e. The van der Waals surface area contributed by atoms with Crippen molar-refractivity contribution in [3.63, 3.8) is 0 Å². The molecule has 0 aliphatic carbocycles. The largest absolute Gasteiger partial charge is 0.481 e. The van der Waals surface area contributed by atoms with Crippen molar-refractivity contribution >= 4 is 17.7 Å². The number of esters is 1. The lowest BCUT2D eigenvalue weighted by atomic mass is 10.1. The van der Waals surface area contributed by atoms with Crippen LogP contribution in [0.5, 0.6) is 0 Å². The van der Waals surface area contributed by atoms with Gasteiger partial charge in [-0.2, -0.15) is 0 Å². The van der Waals surface area contributed by atoms with Crippen LogP contribution in [0.1, 0.15) is 39.0 Å². The normalized spacial score (nSPS) is 10.1. The summed E-state index contributed by atoms with van der Waals surface area (Å²) >= 11 is 0. The van der Waals surface area contributed by atoms with Crippen LogP contribution in [0.4, 0.5) is 0 Å². The van der Waals surface area contributed by atoms with E-state index in [4.69, 9.17) is 9.84 Å². The monoisotopic (exact) mass is 286 g/mol. The molecule has 0 saturated carbocycles. The fourth-order valence-corrected chi connectivity index (χ4v) is 1.42. The first-order valence-corrected chi connectivity index (χ1v) is 6.63. The number of carboxylic acids is 1. The van der Waals surface area contributed by atoms with Crippen molar-refractivity contribution in [3.8, 4) is 0 Å². The van der Waals surface area contributed by atoms with Crippen LogP contribution in [0.2, 0.25) is 0 Å². The Kier molecular flexibility index (Phi) is 10.2. The molecule has 0 heterocycles. The molecule has 0 aromatic rings. The van der Waals surface area contributed by atoms with Crippen molar-refractivity contribution in [2.75, 3.05) is 19.8 Å². The zero-order valence-electron chi connectivity index (χ0n) is 11.9. The van der Waals surface area contributed by atoms with Gasteiger partial charge in [-0.3, -0.25) is 9.59 Å². The maximum Gasteiger partial charge on any atom is 0.334 e. The highest BCUT2D eigenvalue weighted by molar-refractivity contribution is 5.94. The predicted molar refractivity (Wildman–Crippen MR) is 72.3 cm³/mol. The van der Waals surface area contributed by atoms with Crippen molar-refractivity contribution in [1.82, 2.24) is 0 Å². The molecule has 0 aromatic carbocycles. The van der Waals surface area contributed by atoms with Gasteiger partial charge in [0.25, 0.3) is 0 Å². The van der Waals surface area contributed by atoms with Crippen molar-refractivity contribution in [3.05, 3.63) is 12.2 Å². The van der Waals surface area contributed by atoms with Crippen LogP contribution in [-0.2, 0) is 23.9 Å². The molecule has 0 saturated heterocycles. The molecule has 1 N–H and O–H groups in total. The molecule has 0 spiro atoms. The topological polar surface area (TPSA) is 89.9 Å². The van der Waals surface area contributed by atoms with E-state index < -0.39 is 18.4 Å². The maximum absolute atomic E-state index is 11.4. The summed E-state index contributed by atoms with van der Waals surface area (Å²) in [5.74, 6) is -2.18. The molecule has 0 fully saturated rings. The summed E-state index contributed by atoms with van der Waals surface area (Å²) in [7, 11) is 0. The zero-order valence-corrected chi connectivity index (χ0v) is 11.9. The third-order valence-corrected chi connectivity index (χ3v) is 2.47. The van der Waals surface area contributed by atoms with Gasteiger partial charge in [0.2, 0.25) is 0 Å². The van der Waals surface area contributed by atoms with E-state index in [0.717, 1.165) is 19.3 Å². The highest BCUT2D eigenvalue weighted by Crippen LogP contribution is 2.04. The minimum absolute atomic E-state index is 0.165. The number of rotatable bonds is 12. The number of carboxylic acid groups (broad SMARTS) is 1. The number of unbranched alkanes of at least 4 members (excludes halogenated alkanes) is 2. The second kappa shape index (κ2) is 11.2. The molecule has 6 nitrogen and oxygen atoms in total. The van der Waals surface area contributed by atoms with E-state index in [1.165, 1.54) is 0 Å². The zero-order chi connectivity index (χ0) is 15.4. The van der Waals surface area contributed by atoms with Crippen molar-refractivity contribution in [2.24, 2.45) is 0 Å². The number of carbonyl (C=O) groups is 3. The molecule has 6 heteroatoms. The Labute approximate surface area is 118 Å². The van der Waals surface area contributed by atoms with Crippen molar-refractivity contribution in [1.29, 1.82) is 0 Å². The summed E-state index contributed by atoms with van der Waals surface area (Å²) in [6, 6.07) is 0. The van der Waals surface area contributed by atoms with Gasteiger partial charge in [0, 0.05) is 25.2 Å². The van der Waals surface area contributed by atoms with Gasteiger partial charge < -0.3 is 14.6 Å². The van der Waals surface area contributed by atoms with Crippen molar-refractivity contribution in [2.45, 2.75) is 39.0 Å². The van der Waals surface area contributed by atoms with Crippen LogP contribution >= 0.6 is 0 Å². The molecular weight excluding hydrogens is 264 g/mol. The predicted octanol–water partition coefficient (Wildman–Crippen LogP) is 1.73. The fraction of sp³-hybridized carbons (Fsp3) is 0.643. The molecule has 0 rings (SSSR count). The lowest BCUT2D eigenvalue weighted by molar-refractivity contribution is -0.145. The summed E-state index contributed by atoms with van der Waals surface area (Å²) in [6.45, 7) is 6.27. The van der Waals surface area contributed by atoms with Gasteiger partial charge in [-0.25, -0.2) is 4.79 Å². The molecule has 0 amide bonds. The van der Waals surface area contributed by atoms with Crippen LogP contribution in [0, 0.1) is 0 Å². The third kappa shape index (κ3) is 10.3. The molecule has 0 aromatic heterocycles. The lowest BCUT2D eigenvalue weighted by Crippen LogP contribution is -2.16. The van der Waals surface area contributed by atoms with Crippen LogP contribution in [0.3, 0.4) is 0 Å². The molecule has 0 aliphatic heterocycles. The summed E-state index contributed by atoms with van der Waals surface area (Å²) < 4.78 is 9.85. The Morgan fingerprint density at radius 2 is 1.85 bits per heavy atom. The summed E-state index contributed by atoms with van der Waals surface area (Å²) in [5, 5.41) is 8.47. The number of carbonyl (C=O) groups excluding carboxylic acids is 2. The Bertz CT molecular complexity index is 348. The first-order chi connectivity index (χ1) is 9.47. The number of aliphatic carboxylic acids is 1. The Hall–Kier alpha value is -1.69.